The molecule has 158 valence electrons. The number of aliphatic hydroxyl groups is 1. The summed E-state index contributed by atoms with van der Waals surface area (Å²) in [7, 11) is -0.803. The molecule has 30 heavy (non-hydrogen) atoms. The molecule has 1 aliphatic heterocycles. The summed E-state index contributed by atoms with van der Waals surface area (Å²) in [5.74, 6) is 2.44. The zero-order valence-corrected chi connectivity index (χ0v) is 17.4. The summed E-state index contributed by atoms with van der Waals surface area (Å²) in [5, 5.41) is 12.2. The standard InChI is InChI=1S/C20H25N7O2S/c21-19-23-15(7-6-14-4-2-1-3-5-14)16-17(24-19)18(26-20(25-16)22-8-11-28)27-9-12-30(29)13-10-27/h1-5,28H,6-13H2,(H2,21,23,24)(H,22,25,26). The van der Waals surface area contributed by atoms with Gasteiger partial charge >= 0.3 is 0 Å². The summed E-state index contributed by atoms with van der Waals surface area (Å²) < 4.78 is 11.8. The van der Waals surface area contributed by atoms with Gasteiger partial charge in [0.1, 0.15) is 11.0 Å². The van der Waals surface area contributed by atoms with E-state index in [0.717, 1.165) is 12.1 Å². The number of aryl methyl sites for hydroxylation is 2. The Labute approximate surface area is 177 Å². The van der Waals surface area contributed by atoms with Gasteiger partial charge < -0.3 is 21.1 Å². The highest BCUT2D eigenvalue weighted by Crippen LogP contribution is 2.27. The van der Waals surface area contributed by atoms with Gasteiger partial charge in [0.25, 0.3) is 0 Å². The zero-order chi connectivity index (χ0) is 20.9. The van der Waals surface area contributed by atoms with Gasteiger partial charge in [0.15, 0.2) is 5.82 Å². The summed E-state index contributed by atoms with van der Waals surface area (Å²) in [4.78, 5) is 20.3. The van der Waals surface area contributed by atoms with Crippen LogP contribution < -0.4 is 16.0 Å². The summed E-state index contributed by atoms with van der Waals surface area (Å²) >= 11 is 0. The fraction of sp³-hybridized carbons (Fsp3) is 0.400. The molecular formula is C20H25N7O2S. The van der Waals surface area contributed by atoms with Crippen LogP contribution in [-0.4, -0.2) is 67.0 Å². The van der Waals surface area contributed by atoms with Gasteiger partial charge in [-0.2, -0.15) is 4.98 Å². The van der Waals surface area contributed by atoms with Crippen LogP contribution in [0.4, 0.5) is 17.7 Å². The molecule has 0 spiro atoms. The lowest BCUT2D eigenvalue weighted by Crippen LogP contribution is -2.38. The molecule has 4 rings (SSSR count). The van der Waals surface area contributed by atoms with E-state index in [4.69, 9.17) is 5.73 Å². The molecule has 4 N–H and O–H groups in total. The van der Waals surface area contributed by atoms with Crippen molar-refractivity contribution in [2.24, 2.45) is 0 Å². The molecular weight excluding hydrogens is 402 g/mol. The Morgan fingerprint density at radius 1 is 1.03 bits per heavy atom. The highest BCUT2D eigenvalue weighted by molar-refractivity contribution is 7.85. The minimum atomic E-state index is -0.803. The predicted octanol–water partition coefficient (Wildman–Crippen LogP) is 0.760. The largest absolute Gasteiger partial charge is 0.395 e. The van der Waals surface area contributed by atoms with E-state index in [-0.39, 0.29) is 12.6 Å². The van der Waals surface area contributed by atoms with Gasteiger partial charge in [-0.15, -0.1) is 0 Å². The molecule has 0 aliphatic carbocycles. The third kappa shape index (κ3) is 4.65. The van der Waals surface area contributed by atoms with Crippen LogP contribution in [0, 0.1) is 0 Å². The Morgan fingerprint density at radius 2 is 1.80 bits per heavy atom. The molecule has 3 aromatic rings. The number of anilines is 3. The molecule has 0 unspecified atom stereocenters. The van der Waals surface area contributed by atoms with Crippen molar-refractivity contribution in [2.45, 2.75) is 12.8 Å². The summed E-state index contributed by atoms with van der Waals surface area (Å²) in [6, 6.07) is 10.2. The third-order valence-electron chi connectivity index (χ3n) is 4.98. The highest BCUT2D eigenvalue weighted by Gasteiger charge is 2.23. The van der Waals surface area contributed by atoms with Crippen molar-refractivity contribution >= 4 is 39.5 Å². The van der Waals surface area contributed by atoms with Crippen LogP contribution in [0.2, 0.25) is 0 Å². The summed E-state index contributed by atoms with van der Waals surface area (Å²) in [5.41, 5.74) is 9.26. The average molecular weight is 428 g/mol. The zero-order valence-electron chi connectivity index (χ0n) is 16.6. The van der Waals surface area contributed by atoms with E-state index in [1.165, 1.54) is 5.56 Å². The number of aromatic nitrogens is 4. The van der Waals surface area contributed by atoms with Crippen molar-refractivity contribution in [3.05, 3.63) is 41.6 Å². The molecule has 0 amide bonds. The number of nitrogens with one attached hydrogen (secondary N) is 1. The lowest BCUT2D eigenvalue weighted by molar-refractivity contribution is 0.311. The Hall–Kier alpha value is -2.85. The third-order valence-corrected chi connectivity index (χ3v) is 6.26. The maximum Gasteiger partial charge on any atom is 0.225 e. The number of nitrogen functional groups attached to an aromatic ring is 1. The predicted molar refractivity (Wildman–Crippen MR) is 119 cm³/mol. The van der Waals surface area contributed by atoms with Crippen LogP contribution in [0.15, 0.2) is 30.3 Å². The fourth-order valence-corrected chi connectivity index (χ4v) is 4.53. The molecule has 3 heterocycles. The number of fused-ring (bicyclic) bond motifs is 1. The first kappa shape index (κ1) is 20.4. The second-order valence-electron chi connectivity index (χ2n) is 7.07. The van der Waals surface area contributed by atoms with Crippen LogP contribution in [0.25, 0.3) is 11.0 Å². The van der Waals surface area contributed by atoms with Crippen LogP contribution >= 0.6 is 0 Å². The monoisotopic (exact) mass is 427 g/mol. The molecule has 1 fully saturated rings. The molecule has 0 saturated carbocycles. The molecule has 9 nitrogen and oxygen atoms in total. The smallest absolute Gasteiger partial charge is 0.225 e. The minimum Gasteiger partial charge on any atom is -0.395 e. The molecule has 1 aromatic carbocycles. The SMILES string of the molecule is Nc1nc(CCc2ccccc2)c2nc(NCCO)nc(N3CCS(=O)CC3)c2n1. The van der Waals surface area contributed by atoms with Gasteiger partial charge in [-0.25, -0.2) is 15.0 Å². The van der Waals surface area contributed by atoms with Gasteiger partial charge in [-0.1, -0.05) is 30.3 Å². The van der Waals surface area contributed by atoms with Crippen LogP contribution in [-0.2, 0) is 23.6 Å². The maximum atomic E-state index is 11.8. The van der Waals surface area contributed by atoms with Crippen molar-refractivity contribution in [1.29, 1.82) is 0 Å². The van der Waals surface area contributed by atoms with Gasteiger partial charge in [-0.05, 0) is 18.4 Å². The van der Waals surface area contributed by atoms with Crippen molar-refractivity contribution < 1.29 is 9.32 Å². The number of benzene rings is 1. The first-order chi connectivity index (χ1) is 14.6. The summed E-state index contributed by atoms with van der Waals surface area (Å²) in [6.45, 7) is 1.56. The quantitative estimate of drug-likeness (QED) is 0.500. The van der Waals surface area contributed by atoms with E-state index < -0.39 is 10.8 Å². The Bertz CT molecular complexity index is 1040. The van der Waals surface area contributed by atoms with E-state index >= 15 is 0 Å². The number of nitrogens with two attached hydrogens (primary N) is 1. The van der Waals surface area contributed by atoms with Gasteiger partial charge in [0.05, 0.1) is 12.3 Å². The van der Waals surface area contributed by atoms with Crippen LogP contribution in [0.1, 0.15) is 11.3 Å². The second kappa shape index (κ2) is 9.31. The molecule has 10 heteroatoms. The van der Waals surface area contributed by atoms with Gasteiger partial charge in [0.2, 0.25) is 11.9 Å². The van der Waals surface area contributed by atoms with Crippen molar-refractivity contribution in [3.8, 4) is 0 Å². The maximum absolute atomic E-state index is 11.8. The fourth-order valence-electron chi connectivity index (χ4n) is 3.48. The Balaban J connectivity index is 1.75. The van der Waals surface area contributed by atoms with Crippen molar-refractivity contribution in [1.82, 2.24) is 19.9 Å². The van der Waals surface area contributed by atoms with Crippen LogP contribution in [0.3, 0.4) is 0 Å². The highest BCUT2D eigenvalue weighted by atomic mass is 32.2. The number of rotatable bonds is 7. The lowest BCUT2D eigenvalue weighted by Gasteiger charge is -2.28. The number of nitrogens with zero attached hydrogens (tertiary/aromatic N) is 5. The lowest BCUT2D eigenvalue weighted by atomic mass is 10.1. The van der Waals surface area contributed by atoms with E-state index in [2.05, 4.69) is 42.3 Å². The Morgan fingerprint density at radius 3 is 2.53 bits per heavy atom. The van der Waals surface area contributed by atoms with E-state index in [1.807, 2.05) is 18.2 Å². The van der Waals surface area contributed by atoms with Gasteiger partial charge in [0, 0.05) is 41.9 Å². The average Bonchev–Trinajstić information content (AvgIpc) is 2.77. The minimum absolute atomic E-state index is 0.0292. The number of hydrogen-bond acceptors (Lipinski definition) is 9. The molecule has 0 radical (unpaired) electrons. The van der Waals surface area contributed by atoms with E-state index in [1.54, 1.807) is 0 Å². The topological polar surface area (TPSA) is 130 Å². The number of aliphatic hydroxyl groups excluding tert-OH is 1. The van der Waals surface area contributed by atoms with Crippen molar-refractivity contribution in [2.75, 3.05) is 53.7 Å². The van der Waals surface area contributed by atoms with E-state index in [0.29, 0.717) is 60.4 Å². The second-order valence-corrected chi connectivity index (χ2v) is 8.76. The van der Waals surface area contributed by atoms with Gasteiger partial charge in [-0.3, -0.25) is 4.21 Å². The van der Waals surface area contributed by atoms with E-state index in [9.17, 15) is 9.32 Å². The molecule has 0 atom stereocenters. The van der Waals surface area contributed by atoms with Crippen molar-refractivity contribution in [3.63, 3.8) is 0 Å². The van der Waals surface area contributed by atoms with Crippen LogP contribution in [0.5, 0.6) is 0 Å². The first-order valence-corrected chi connectivity index (χ1v) is 11.5. The Kier molecular flexibility index (Phi) is 6.34. The molecule has 1 saturated heterocycles. The molecule has 0 bridgehead atoms. The molecule has 1 aliphatic rings. The normalized spacial score (nSPS) is 14.9. The summed E-state index contributed by atoms with van der Waals surface area (Å²) in [6.07, 6.45) is 1.46. The number of hydrogen-bond donors (Lipinski definition) is 3. The molecule has 2 aromatic heterocycles. The first-order valence-electron chi connectivity index (χ1n) is 9.97.